The van der Waals surface area contributed by atoms with E-state index in [2.05, 4.69) is 5.32 Å². The van der Waals surface area contributed by atoms with Crippen molar-refractivity contribution in [2.75, 3.05) is 19.7 Å². The van der Waals surface area contributed by atoms with E-state index in [1.54, 1.807) is 0 Å². The Bertz CT molecular complexity index is 333. The van der Waals surface area contributed by atoms with Crippen molar-refractivity contribution < 1.29 is 13.5 Å². The molecule has 0 amide bonds. The molecule has 0 spiro atoms. The minimum atomic E-state index is -0.651. The molecule has 0 saturated heterocycles. The molecule has 0 aromatic heterocycles. The lowest BCUT2D eigenvalue weighted by Crippen LogP contribution is -2.23. The number of rotatable bonds is 6. The molecule has 1 aromatic rings. The topological polar surface area (TPSA) is 21.3 Å². The highest BCUT2D eigenvalue weighted by atomic mass is 19.1. The first-order valence-electron chi connectivity index (χ1n) is 5.55. The fourth-order valence-electron chi connectivity index (χ4n) is 1.47. The molecule has 0 radical (unpaired) electrons. The van der Waals surface area contributed by atoms with Gasteiger partial charge in [-0.1, -0.05) is 6.07 Å². The Morgan fingerprint density at radius 3 is 2.56 bits per heavy atom. The summed E-state index contributed by atoms with van der Waals surface area (Å²) in [5.41, 5.74) is 0. The summed E-state index contributed by atoms with van der Waals surface area (Å²) in [7, 11) is 0. The van der Waals surface area contributed by atoms with Crippen LogP contribution in [0.15, 0.2) is 18.2 Å². The van der Waals surface area contributed by atoms with Crippen molar-refractivity contribution in [2.24, 2.45) is 5.92 Å². The Labute approximate surface area is 93.6 Å². The van der Waals surface area contributed by atoms with Crippen molar-refractivity contribution in [1.82, 2.24) is 5.32 Å². The van der Waals surface area contributed by atoms with E-state index in [0.29, 0.717) is 6.54 Å². The van der Waals surface area contributed by atoms with E-state index >= 15 is 0 Å². The predicted molar refractivity (Wildman–Crippen MR) is 57.4 cm³/mol. The number of para-hydroxylation sites is 1. The highest BCUT2D eigenvalue weighted by Crippen LogP contribution is 2.27. The van der Waals surface area contributed by atoms with E-state index in [-0.39, 0.29) is 12.4 Å². The average molecular weight is 227 g/mol. The van der Waals surface area contributed by atoms with E-state index in [1.807, 2.05) is 0 Å². The molecular weight excluding hydrogens is 212 g/mol. The molecule has 0 unspecified atom stereocenters. The van der Waals surface area contributed by atoms with Gasteiger partial charge in [0.25, 0.3) is 0 Å². The van der Waals surface area contributed by atoms with Gasteiger partial charge in [-0.15, -0.1) is 0 Å². The van der Waals surface area contributed by atoms with Crippen LogP contribution in [-0.4, -0.2) is 19.7 Å². The molecule has 1 aliphatic rings. The van der Waals surface area contributed by atoms with Crippen LogP contribution in [0, 0.1) is 17.6 Å². The second-order valence-corrected chi connectivity index (χ2v) is 4.05. The van der Waals surface area contributed by atoms with Gasteiger partial charge in [-0.25, -0.2) is 8.78 Å². The number of benzene rings is 1. The highest BCUT2D eigenvalue weighted by Gasteiger charge is 2.20. The fraction of sp³-hybridized carbons (Fsp3) is 0.500. The average Bonchev–Trinajstić information content (AvgIpc) is 3.05. The molecule has 1 aromatic carbocycles. The lowest BCUT2D eigenvalue weighted by Gasteiger charge is -2.08. The Morgan fingerprint density at radius 1 is 1.25 bits per heavy atom. The van der Waals surface area contributed by atoms with Crippen molar-refractivity contribution >= 4 is 0 Å². The van der Waals surface area contributed by atoms with Crippen LogP contribution < -0.4 is 10.1 Å². The van der Waals surface area contributed by atoms with E-state index in [1.165, 1.54) is 31.0 Å². The van der Waals surface area contributed by atoms with Gasteiger partial charge in [0.2, 0.25) is 0 Å². The van der Waals surface area contributed by atoms with Crippen molar-refractivity contribution in [1.29, 1.82) is 0 Å². The van der Waals surface area contributed by atoms with E-state index in [0.717, 1.165) is 12.5 Å². The lowest BCUT2D eigenvalue weighted by molar-refractivity contribution is 0.282. The minimum Gasteiger partial charge on any atom is -0.486 e. The zero-order valence-corrected chi connectivity index (χ0v) is 9.01. The summed E-state index contributed by atoms with van der Waals surface area (Å²) in [5.74, 6) is -0.787. The molecule has 2 nitrogen and oxygen atoms in total. The molecular formula is C12H15F2NO. The number of nitrogens with one attached hydrogen (secondary N) is 1. The molecule has 1 N–H and O–H groups in total. The normalized spacial score (nSPS) is 15.1. The Balaban J connectivity index is 1.71. The zero-order chi connectivity index (χ0) is 11.4. The second-order valence-electron chi connectivity index (χ2n) is 4.05. The Morgan fingerprint density at radius 2 is 1.94 bits per heavy atom. The third kappa shape index (κ3) is 3.17. The molecule has 0 aliphatic heterocycles. The third-order valence-corrected chi connectivity index (χ3v) is 2.57. The van der Waals surface area contributed by atoms with Crippen LogP contribution >= 0.6 is 0 Å². The van der Waals surface area contributed by atoms with Crippen LogP contribution in [0.5, 0.6) is 5.75 Å². The standard InChI is InChI=1S/C12H15F2NO/c13-10-2-1-3-11(14)12(10)16-7-6-15-8-9-4-5-9/h1-3,9,15H,4-8H2. The maximum Gasteiger partial charge on any atom is 0.190 e. The lowest BCUT2D eigenvalue weighted by atomic mass is 10.3. The molecule has 88 valence electrons. The van der Waals surface area contributed by atoms with Gasteiger partial charge in [-0.2, -0.15) is 0 Å². The number of hydrogen-bond donors (Lipinski definition) is 1. The molecule has 0 atom stereocenters. The van der Waals surface area contributed by atoms with Gasteiger partial charge in [0.05, 0.1) is 0 Å². The van der Waals surface area contributed by atoms with Gasteiger partial charge in [0, 0.05) is 6.54 Å². The monoisotopic (exact) mass is 227 g/mol. The fourth-order valence-corrected chi connectivity index (χ4v) is 1.47. The second kappa shape index (κ2) is 5.25. The summed E-state index contributed by atoms with van der Waals surface area (Å²) in [6.07, 6.45) is 2.57. The number of hydrogen-bond acceptors (Lipinski definition) is 2. The van der Waals surface area contributed by atoms with Crippen LogP contribution in [-0.2, 0) is 0 Å². The Hall–Kier alpha value is -1.16. The number of ether oxygens (including phenoxy) is 1. The SMILES string of the molecule is Fc1cccc(F)c1OCCNCC1CC1. The van der Waals surface area contributed by atoms with Crippen LogP contribution in [0.1, 0.15) is 12.8 Å². The van der Waals surface area contributed by atoms with Gasteiger partial charge < -0.3 is 10.1 Å². The first-order valence-corrected chi connectivity index (χ1v) is 5.55. The molecule has 1 fully saturated rings. The van der Waals surface area contributed by atoms with Crippen molar-refractivity contribution in [3.8, 4) is 5.75 Å². The molecule has 1 saturated carbocycles. The number of halogens is 2. The Kier molecular flexibility index (Phi) is 3.72. The first kappa shape index (κ1) is 11.3. The quantitative estimate of drug-likeness (QED) is 0.753. The van der Waals surface area contributed by atoms with Gasteiger partial charge in [0.15, 0.2) is 17.4 Å². The van der Waals surface area contributed by atoms with Crippen LogP contribution in [0.25, 0.3) is 0 Å². The summed E-state index contributed by atoms with van der Waals surface area (Å²) >= 11 is 0. The summed E-state index contributed by atoms with van der Waals surface area (Å²) in [6.45, 7) is 1.87. The summed E-state index contributed by atoms with van der Waals surface area (Å²) in [5, 5.41) is 3.19. The smallest absolute Gasteiger partial charge is 0.190 e. The van der Waals surface area contributed by atoms with Gasteiger partial charge >= 0.3 is 0 Å². The van der Waals surface area contributed by atoms with Crippen LogP contribution in [0.3, 0.4) is 0 Å². The highest BCUT2D eigenvalue weighted by molar-refractivity contribution is 5.25. The molecule has 1 aliphatic carbocycles. The summed E-state index contributed by atoms with van der Waals surface area (Å²) < 4.78 is 31.3. The van der Waals surface area contributed by atoms with E-state index in [4.69, 9.17) is 4.74 Å². The molecule has 2 rings (SSSR count). The zero-order valence-electron chi connectivity index (χ0n) is 9.01. The van der Waals surface area contributed by atoms with Crippen molar-refractivity contribution in [3.63, 3.8) is 0 Å². The molecule has 16 heavy (non-hydrogen) atoms. The largest absolute Gasteiger partial charge is 0.486 e. The minimum absolute atomic E-state index is 0.282. The summed E-state index contributed by atoms with van der Waals surface area (Å²) in [6, 6.07) is 3.70. The van der Waals surface area contributed by atoms with Gasteiger partial charge in [-0.05, 0) is 37.4 Å². The maximum absolute atomic E-state index is 13.1. The van der Waals surface area contributed by atoms with E-state index < -0.39 is 11.6 Å². The first-order chi connectivity index (χ1) is 7.77. The van der Waals surface area contributed by atoms with Gasteiger partial charge in [0.1, 0.15) is 6.61 Å². The molecule has 0 bridgehead atoms. The van der Waals surface area contributed by atoms with Crippen molar-refractivity contribution in [2.45, 2.75) is 12.8 Å². The summed E-state index contributed by atoms with van der Waals surface area (Å²) in [4.78, 5) is 0. The molecule has 4 heteroatoms. The van der Waals surface area contributed by atoms with Crippen LogP contribution in [0.2, 0.25) is 0 Å². The third-order valence-electron chi connectivity index (χ3n) is 2.57. The maximum atomic E-state index is 13.1. The van der Waals surface area contributed by atoms with Gasteiger partial charge in [-0.3, -0.25) is 0 Å². The molecule has 0 heterocycles. The van der Waals surface area contributed by atoms with Crippen LogP contribution in [0.4, 0.5) is 8.78 Å². The van der Waals surface area contributed by atoms with E-state index in [9.17, 15) is 8.78 Å². The van der Waals surface area contributed by atoms with Crippen molar-refractivity contribution in [3.05, 3.63) is 29.8 Å². The predicted octanol–water partition coefficient (Wildman–Crippen LogP) is 2.34.